The quantitative estimate of drug-likeness (QED) is 0.650. The minimum absolute atomic E-state index is 0.128. The number of rotatable bonds is 3. The fourth-order valence-corrected chi connectivity index (χ4v) is 4.67. The zero-order valence-corrected chi connectivity index (χ0v) is 15.8. The maximum atomic E-state index is 10.4. The molecule has 6 heteroatoms. The van der Waals surface area contributed by atoms with Crippen LogP contribution in [0.2, 0.25) is 0 Å². The van der Waals surface area contributed by atoms with E-state index in [-0.39, 0.29) is 11.5 Å². The molecule has 0 spiro atoms. The smallest absolute Gasteiger partial charge is 0.151 e. The minimum atomic E-state index is 0.128. The van der Waals surface area contributed by atoms with E-state index in [1.807, 2.05) is 24.3 Å². The lowest BCUT2D eigenvalue weighted by atomic mass is 9.98. The van der Waals surface area contributed by atoms with Crippen molar-refractivity contribution in [1.29, 1.82) is 0 Å². The number of nitrogens with zero attached hydrogens (tertiary/aromatic N) is 3. The van der Waals surface area contributed by atoms with E-state index in [0.717, 1.165) is 29.4 Å². The summed E-state index contributed by atoms with van der Waals surface area (Å²) in [6.07, 6.45) is 4.85. The van der Waals surface area contributed by atoms with E-state index in [0.29, 0.717) is 29.4 Å². The molecule has 0 radical (unpaired) electrons. The summed E-state index contributed by atoms with van der Waals surface area (Å²) in [5.74, 6) is 1.17. The van der Waals surface area contributed by atoms with Crippen LogP contribution < -0.4 is 10.2 Å². The number of aromatic nitrogens is 2. The van der Waals surface area contributed by atoms with Crippen LogP contribution in [0.4, 0.5) is 5.82 Å². The van der Waals surface area contributed by atoms with Crippen molar-refractivity contribution in [2.45, 2.75) is 43.8 Å². The van der Waals surface area contributed by atoms with Crippen LogP contribution >= 0.6 is 0 Å². The molecule has 3 atom stereocenters. The lowest BCUT2D eigenvalue weighted by Crippen LogP contribution is -2.47. The number of piperidine rings is 1. The van der Waals surface area contributed by atoms with Gasteiger partial charge in [-0.05, 0) is 72.9 Å². The van der Waals surface area contributed by atoms with Crippen LogP contribution in [-0.4, -0.2) is 45.6 Å². The van der Waals surface area contributed by atoms with Gasteiger partial charge in [-0.2, -0.15) is 0 Å². The van der Waals surface area contributed by atoms with Crippen molar-refractivity contribution in [2.75, 3.05) is 11.9 Å². The van der Waals surface area contributed by atoms with Crippen LogP contribution in [0.1, 0.15) is 25.7 Å². The van der Waals surface area contributed by atoms with Crippen molar-refractivity contribution >= 4 is 16.6 Å². The first-order valence-corrected chi connectivity index (χ1v) is 9.85. The molecule has 0 amide bonds. The summed E-state index contributed by atoms with van der Waals surface area (Å²) >= 11 is 0. The highest BCUT2D eigenvalue weighted by Crippen LogP contribution is 2.34. The second-order valence-electron chi connectivity index (χ2n) is 8.05. The summed E-state index contributed by atoms with van der Waals surface area (Å²) in [6.45, 7) is 0. The fraction of sp³-hybridized carbons (Fsp3) is 0.364. The van der Waals surface area contributed by atoms with Crippen molar-refractivity contribution in [1.82, 2.24) is 15.5 Å². The number of anilines is 1. The molecule has 3 aromatic rings. The summed E-state index contributed by atoms with van der Waals surface area (Å²) in [5.41, 5.74) is 1.27. The van der Waals surface area contributed by atoms with Crippen LogP contribution in [-0.2, 0) is 0 Å². The average Bonchev–Trinajstić information content (AvgIpc) is 3.04. The third-order valence-corrected chi connectivity index (χ3v) is 6.22. The van der Waals surface area contributed by atoms with Crippen molar-refractivity contribution in [3.63, 3.8) is 0 Å². The van der Waals surface area contributed by atoms with Crippen molar-refractivity contribution < 1.29 is 10.2 Å². The molecule has 2 aliphatic rings. The Kier molecular flexibility index (Phi) is 4.09. The van der Waals surface area contributed by atoms with E-state index in [9.17, 15) is 10.2 Å². The maximum absolute atomic E-state index is 10.4. The number of phenols is 2. The Bertz CT molecular complexity index is 1010. The highest BCUT2D eigenvalue weighted by Gasteiger charge is 2.35. The van der Waals surface area contributed by atoms with Gasteiger partial charge in [0.25, 0.3) is 0 Å². The summed E-state index contributed by atoms with van der Waals surface area (Å²) in [5, 5.41) is 34.3. The highest BCUT2D eigenvalue weighted by atomic mass is 16.3. The first-order valence-electron chi connectivity index (χ1n) is 9.85. The van der Waals surface area contributed by atoms with Crippen LogP contribution in [0.3, 0.4) is 0 Å². The Hall–Kier alpha value is -2.86. The van der Waals surface area contributed by atoms with Crippen LogP contribution in [0, 0.1) is 0 Å². The number of hydrogen-bond acceptors (Lipinski definition) is 6. The highest BCUT2D eigenvalue weighted by molar-refractivity contribution is 5.90. The summed E-state index contributed by atoms with van der Waals surface area (Å²) in [4.78, 5) is 2.24. The van der Waals surface area contributed by atoms with Crippen LogP contribution in [0.15, 0.2) is 42.5 Å². The van der Waals surface area contributed by atoms with Gasteiger partial charge in [-0.3, -0.25) is 0 Å². The topological polar surface area (TPSA) is 81.5 Å². The zero-order valence-electron chi connectivity index (χ0n) is 15.8. The maximum Gasteiger partial charge on any atom is 0.151 e. The van der Waals surface area contributed by atoms with E-state index in [2.05, 4.69) is 27.5 Å². The van der Waals surface area contributed by atoms with Gasteiger partial charge >= 0.3 is 0 Å². The Morgan fingerprint density at radius 3 is 2.43 bits per heavy atom. The molecule has 3 N–H and O–H groups in total. The van der Waals surface area contributed by atoms with Gasteiger partial charge in [-0.1, -0.05) is 6.07 Å². The normalized spacial score (nSPS) is 23.8. The van der Waals surface area contributed by atoms with E-state index in [4.69, 9.17) is 0 Å². The molecule has 5 rings (SSSR count). The van der Waals surface area contributed by atoms with Crippen LogP contribution in [0.5, 0.6) is 11.5 Å². The SMILES string of the molecule is CN(c1ccc(-c2cc3ccc(O)cc3cc2O)nn1)C1CC2CC[C@H](C1)N2. The van der Waals surface area contributed by atoms with Gasteiger partial charge < -0.3 is 20.4 Å². The molecule has 2 unspecified atom stereocenters. The van der Waals surface area contributed by atoms with E-state index in [1.165, 1.54) is 12.8 Å². The predicted octanol–water partition coefficient (Wildman–Crippen LogP) is 3.43. The van der Waals surface area contributed by atoms with Crippen molar-refractivity contribution in [3.8, 4) is 22.8 Å². The monoisotopic (exact) mass is 376 g/mol. The molecule has 1 aromatic heterocycles. The fourth-order valence-electron chi connectivity index (χ4n) is 4.67. The molecule has 2 saturated heterocycles. The van der Waals surface area contributed by atoms with Gasteiger partial charge in [0.1, 0.15) is 11.5 Å². The number of phenolic OH excluding ortho intramolecular Hbond substituents is 2. The van der Waals surface area contributed by atoms with Gasteiger partial charge in [0.05, 0.1) is 5.69 Å². The third kappa shape index (κ3) is 3.03. The summed E-state index contributed by atoms with van der Waals surface area (Å²) in [7, 11) is 2.10. The van der Waals surface area contributed by atoms with E-state index < -0.39 is 0 Å². The molecule has 28 heavy (non-hydrogen) atoms. The van der Waals surface area contributed by atoms with Gasteiger partial charge in [0.2, 0.25) is 0 Å². The molecule has 2 fully saturated rings. The van der Waals surface area contributed by atoms with E-state index in [1.54, 1.807) is 18.2 Å². The molecular weight excluding hydrogens is 352 g/mol. The van der Waals surface area contributed by atoms with E-state index >= 15 is 0 Å². The van der Waals surface area contributed by atoms with Gasteiger partial charge in [0, 0.05) is 30.7 Å². The Balaban J connectivity index is 1.41. The molecule has 144 valence electrons. The van der Waals surface area contributed by atoms with Crippen molar-refractivity contribution in [3.05, 3.63) is 42.5 Å². The Morgan fingerprint density at radius 2 is 1.71 bits per heavy atom. The molecule has 0 aliphatic carbocycles. The Labute approximate surface area is 163 Å². The number of fused-ring (bicyclic) bond motifs is 3. The number of aromatic hydroxyl groups is 2. The second kappa shape index (κ2) is 6.63. The number of hydrogen-bond donors (Lipinski definition) is 3. The molecule has 2 aliphatic heterocycles. The second-order valence-corrected chi connectivity index (χ2v) is 8.05. The number of benzene rings is 2. The van der Waals surface area contributed by atoms with Gasteiger partial charge in [0.15, 0.2) is 5.82 Å². The van der Waals surface area contributed by atoms with Crippen LogP contribution in [0.25, 0.3) is 22.0 Å². The average molecular weight is 376 g/mol. The molecule has 3 heterocycles. The third-order valence-electron chi connectivity index (χ3n) is 6.22. The first-order chi connectivity index (χ1) is 13.6. The predicted molar refractivity (Wildman–Crippen MR) is 110 cm³/mol. The van der Waals surface area contributed by atoms with Gasteiger partial charge in [-0.25, -0.2) is 0 Å². The molecule has 0 saturated carbocycles. The first kappa shape index (κ1) is 17.3. The molecule has 2 aromatic carbocycles. The summed E-state index contributed by atoms with van der Waals surface area (Å²) in [6, 6.07) is 14.3. The molecular formula is C22H24N4O2. The number of nitrogens with one attached hydrogen (secondary N) is 1. The zero-order chi connectivity index (χ0) is 19.3. The van der Waals surface area contributed by atoms with Crippen molar-refractivity contribution in [2.24, 2.45) is 0 Å². The standard InChI is InChI=1S/C22H24N4O2/c1-26(17-11-15-3-4-16(12-17)23-15)22-7-6-20(24-25-22)19-9-13-2-5-18(27)8-14(13)10-21(19)28/h2,5-10,15-17,23,27-28H,3-4,11-12H2,1H3/t15-,16?,17?/m1/s1. The largest absolute Gasteiger partial charge is 0.508 e. The Morgan fingerprint density at radius 1 is 0.929 bits per heavy atom. The molecule has 2 bridgehead atoms. The lowest BCUT2D eigenvalue weighted by molar-refractivity contribution is 0.353. The minimum Gasteiger partial charge on any atom is -0.508 e. The lowest BCUT2D eigenvalue weighted by Gasteiger charge is -2.36. The van der Waals surface area contributed by atoms with Gasteiger partial charge in [-0.15, -0.1) is 10.2 Å². The summed E-state index contributed by atoms with van der Waals surface area (Å²) < 4.78 is 0. The molecule has 6 nitrogen and oxygen atoms in total.